The molecule has 0 unspecified atom stereocenters. The topological polar surface area (TPSA) is 83.5 Å². The highest BCUT2D eigenvalue weighted by Gasteiger charge is 2.27. The first-order valence-electron chi connectivity index (χ1n) is 10.8. The number of hydrogen-bond acceptors (Lipinski definition) is 5. The predicted octanol–water partition coefficient (Wildman–Crippen LogP) is 2.87. The van der Waals surface area contributed by atoms with Crippen LogP contribution in [-0.4, -0.2) is 79.8 Å². The van der Waals surface area contributed by atoms with E-state index >= 15 is 0 Å². The van der Waals surface area contributed by atoms with E-state index in [0.717, 1.165) is 44.9 Å². The summed E-state index contributed by atoms with van der Waals surface area (Å²) in [5, 5.41) is 3.33. The molecule has 0 aromatic heterocycles. The van der Waals surface area contributed by atoms with Crippen LogP contribution in [0.4, 0.5) is 4.79 Å². The molecule has 1 amide bonds. The molecule has 168 valence electrons. The van der Waals surface area contributed by atoms with Gasteiger partial charge in [0.15, 0.2) is 5.96 Å². The number of ether oxygens (including phenoxy) is 2. The molecule has 1 aliphatic rings. The van der Waals surface area contributed by atoms with Crippen LogP contribution >= 0.6 is 0 Å². The number of hydrogen-bond donors (Lipinski definition) is 1. The Bertz CT molecular complexity index is 537. The Morgan fingerprint density at radius 2 is 1.86 bits per heavy atom. The zero-order valence-corrected chi connectivity index (χ0v) is 19.1. The molecule has 1 N–H and O–H groups in total. The quantitative estimate of drug-likeness (QED) is 0.286. The van der Waals surface area contributed by atoms with Gasteiger partial charge in [-0.3, -0.25) is 9.79 Å². The summed E-state index contributed by atoms with van der Waals surface area (Å²) in [6, 6.07) is 0. The van der Waals surface area contributed by atoms with Gasteiger partial charge in [0.1, 0.15) is 5.60 Å². The standard InChI is InChI=1S/C21H40N4O4/c1-7-24(20(27)29-21(3,4)5)16-17-11-14-25(15-12-17)19(22-6)23-13-9-10-18(26)28-8-2/h17H,7-16H2,1-6H3,(H,22,23). The molecule has 0 radical (unpaired) electrons. The summed E-state index contributed by atoms with van der Waals surface area (Å²) < 4.78 is 10.5. The summed E-state index contributed by atoms with van der Waals surface area (Å²) >= 11 is 0. The lowest BCUT2D eigenvalue weighted by atomic mass is 9.96. The molecule has 8 heteroatoms. The molecule has 29 heavy (non-hydrogen) atoms. The third-order valence-corrected chi connectivity index (χ3v) is 4.78. The van der Waals surface area contributed by atoms with E-state index in [1.54, 1.807) is 11.9 Å². The van der Waals surface area contributed by atoms with Crippen LogP contribution in [0.2, 0.25) is 0 Å². The summed E-state index contributed by atoms with van der Waals surface area (Å²) in [5.74, 6) is 1.17. The van der Waals surface area contributed by atoms with Crippen LogP contribution in [0.3, 0.4) is 0 Å². The lowest BCUT2D eigenvalue weighted by Crippen LogP contribution is -2.48. The van der Waals surface area contributed by atoms with Crippen LogP contribution in [0.15, 0.2) is 4.99 Å². The minimum Gasteiger partial charge on any atom is -0.466 e. The van der Waals surface area contributed by atoms with Crippen LogP contribution in [-0.2, 0) is 14.3 Å². The normalized spacial score (nSPS) is 15.8. The number of rotatable bonds is 8. The van der Waals surface area contributed by atoms with E-state index in [0.29, 0.717) is 32.0 Å². The SMILES string of the molecule is CCOC(=O)CCCNC(=NC)N1CCC(CN(CC)C(=O)OC(C)(C)C)CC1. The maximum atomic E-state index is 12.3. The van der Waals surface area contributed by atoms with Gasteiger partial charge in [-0.2, -0.15) is 0 Å². The van der Waals surface area contributed by atoms with Crippen molar-refractivity contribution in [1.82, 2.24) is 15.1 Å². The van der Waals surface area contributed by atoms with Gasteiger partial charge in [0, 0.05) is 46.2 Å². The monoisotopic (exact) mass is 412 g/mol. The van der Waals surface area contributed by atoms with Crippen molar-refractivity contribution in [2.24, 2.45) is 10.9 Å². The molecule has 0 atom stereocenters. The van der Waals surface area contributed by atoms with Crippen molar-refractivity contribution >= 4 is 18.0 Å². The Hall–Kier alpha value is -1.99. The van der Waals surface area contributed by atoms with Crippen molar-refractivity contribution < 1.29 is 19.1 Å². The number of nitrogens with one attached hydrogen (secondary N) is 1. The van der Waals surface area contributed by atoms with Crippen molar-refractivity contribution in [2.45, 2.75) is 65.9 Å². The van der Waals surface area contributed by atoms with Crippen LogP contribution in [0.1, 0.15) is 60.3 Å². The summed E-state index contributed by atoms with van der Waals surface area (Å²) in [4.78, 5) is 32.2. The fraction of sp³-hybridized carbons (Fsp3) is 0.857. The fourth-order valence-corrected chi connectivity index (χ4v) is 3.30. The lowest BCUT2D eigenvalue weighted by Gasteiger charge is -2.36. The van der Waals surface area contributed by atoms with Crippen molar-refractivity contribution in [3.05, 3.63) is 0 Å². The number of nitrogens with zero attached hydrogens (tertiary/aromatic N) is 3. The van der Waals surface area contributed by atoms with E-state index in [4.69, 9.17) is 9.47 Å². The zero-order chi connectivity index (χ0) is 21.9. The minimum absolute atomic E-state index is 0.157. The molecule has 1 rings (SSSR count). The maximum absolute atomic E-state index is 12.3. The van der Waals surface area contributed by atoms with Gasteiger partial charge in [-0.1, -0.05) is 0 Å². The second-order valence-corrected chi connectivity index (χ2v) is 8.33. The van der Waals surface area contributed by atoms with Crippen LogP contribution in [0.5, 0.6) is 0 Å². The molecular weight excluding hydrogens is 372 g/mol. The lowest BCUT2D eigenvalue weighted by molar-refractivity contribution is -0.143. The number of piperidine rings is 1. The number of carbonyl (C=O) groups excluding carboxylic acids is 2. The molecule has 0 aliphatic carbocycles. The Labute approximate surface area is 176 Å². The van der Waals surface area contributed by atoms with Crippen molar-refractivity contribution in [2.75, 3.05) is 46.4 Å². The molecular formula is C21H40N4O4. The second kappa shape index (κ2) is 12.5. The van der Waals surface area contributed by atoms with Gasteiger partial charge in [0.2, 0.25) is 0 Å². The van der Waals surface area contributed by atoms with Gasteiger partial charge in [-0.15, -0.1) is 0 Å². The van der Waals surface area contributed by atoms with Crippen molar-refractivity contribution in [3.63, 3.8) is 0 Å². The average molecular weight is 413 g/mol. The number of aliphatic imine (C=N–C) groups is 1. The van der Waals surface area contributed by atoms with E-state index in [-0.39, 0.29) is 12.1 Å². The van der Waals surface area contributed by atoms with Crippen LogP contribution < -0.4 is 5.32 Å². The summed E-state index contributed by atoms with van der Waals surface area (Å²) in [5.41, 5.74) is -0.473. The highest BCUT2D eigenvalue weighted by Crippen LogP contribution is 2.20. The molecule has 0 aromatic carbocycles. The summed E-state index contributed by atoms with van der Waals surface area (Å²) in [6.07, 6.45) is 2.90. The molecule has 0 saturated carbocycles. The highest BCUT2D eigenvalue weighted by atomic mass is 16.6. The smallest absolute Gasteiger partial charge is 0.410 e. The van der Waals surface area contributed by atoms with Gasteiger partial charge < -0.3 is 24.6 Å². The number of likely N-dealkylation sites (tertiary alicyclic amines) is 1. The molecule has 1 saturated heterocycles. The van der Waals surface area contributed by atoms with Gasteiger partial charge in [-0.05, 0) is 59.8 Å². The largest absolute Gasteiger partial charge is 0.466 e. The third kappa shape index (κ3) is 9.85. The van der Waals surface area contributed by atoms with Gasteiger partial charge in [0.05, 0.1) is 6.61 Å². The first-order chi connectivity index (χ1) is 13.7. The van der Waals surface area contributed by atoms with E-state index < -0.39 is 5.60 Å². The van der Waals surface area contributed by atoms with Crippen molar-refractivity contribution in [1.29, 1.82) is 0 Å². The Kier molecular flexibility index (Phi) is 10.8. The fourth-order valence-electron chi connectivity index (χ4n) is 3.30. The number of guanidine groups is 1. The number of carbonyl (C=O) groups is 2. The molecule has 1 heterocycles. The molecule has 8 nitrogen and oxygen atoms in total. The Morgan fingerprint density at radius 3 is 2.38 bits per heavy atom. The Morgan fingerprint density at radius 1 is 1.21 bits per heavy atom. The van der Waals surface area contributed by atoms with Crippen LogP contribution in [0.25, 0.3) is 0 Å². The van der Waals surface area contributed by atoms with Gasteiger partial charge >= 0.3 is 12.1 Å². The first-order valence-corrected chi connectivity index (χ1v) is 10.8. The van der Waals surface area contributed by atoms with Crippen LogP contribution in [0, 0.1) is 5.92 Å². The van der Waals surface area contributed by atoms with E-state index in [9.17, 15) is 9.59 Å². The van der Waals surface area contributed by atoms with E-state index in [1.165, 1.54) is 0 Å². The Balaban J connectivity index is 2.39. The molecule has 0 bridgehead atoms. The zero-order valence-electron chi connectivity index (χ0n) is 19.1. The first kappa shape index (κ1) is 25.0. The highest BCUT2D eigenvalue weighted by molar-refractivity contribution is 5.80. The molecule has 1 aliphatic heterocycles. The molecule has 1 fully saturated rings. The second-order valence-electron chi connectivity index (χ2n) is 8.33. The van der Waals surface area contributed by atoms with E-state index in [1.807, 2.05) is 34.6 Å². The summed E-state index contributed by atoms with van der Waals surface area (Å²) in [7, 11) is 1.78. The molecule has 0 spiro atoms. The molecule has 0 aromatic rings. The van der Waals surface area contributed by atoms with Gasteiger partial charge in [-0.25, -0.2) is 4.79 Å². The van der Waals surface area contributed by atoms with Crippen molar-refractivity contribution in [3.8, 4) is 0 Å². The van der Waals surface area contributed by atoms with Gasteiger partial charge in [0.25, 0.3) is 0 Å². The average Bonchev–Trinajstić information content (AvgIpc) is 2.65. The maximum Gasteiger partial charge on any atom is 0.410 e. The predicted molar refractivity (Wildman–Crippen MR) is 115 cm³/mol. The number of amides is 1. The summed E-state index contributed by atoms with van der Waals surface area (Å²) in [6.45, 7) is 13.8. The third-order valence-electron chi connectivity index (χ3n) is 4.78. The van der Waals surface area contributed by atoms with E-state index in [2.05, 4.69) is 15.2 Å². The minimum atomic E-state index is -0.473. The number of esters is 1.